The van der Waals surface area contributed by atoms with E-state index in [-0.39, 0.29) is 49.6 Å². The van der Waals surface area contributed by atoms with Crippen molar-refractivity contribution in [1.29, 1.82) is 0 Å². The molecule has 0 unspecified atom stereocenters. The molecule has 0 bridgehead atoms. The van der Waals surface area contributed by atoms with Crippen LogP contribution < -0.4 is 0 Å². The number of hydrogen-bond donors (Lipinski definition) is 0. The fourth-order valence-corrected chi connectivity index (χ4v) is 7.68. The number of aromatic nitrogens is 2. The molecule has 1 saturated heterocycles. The molecule has 4 nitrogen and oxygen atoms in total. The molecule has 1 aliphatic carbocycles. The summed E-state index contributed by atoms with van der Waals surface area (Å²) in [5.74, 6) is 0. The van der Waals surface area contributed by atoms with E-state index >= 15 is 0 Å². The van der Waals surface area contributed by atoms with Crippen molar-refractivity contribution >= 4 is 49.6 Å². The second-order valence-corrected chi connectivity index (χ2v) is 14.0. The third-order valence-corrected chi connectivity index (χ3v) is 10.9. The van der Waals surface area contributed by atoms with Gasteiger partial charge in [-0.25, -0.2) is 0 Å². The largest absolute Gasteiger partial charge is 0.299 e. The van der Waals surface area contributed by atoms with Gasteiger partial charge < -0.3 is 0 Å². The Morgan fingerprint density at radius 3 is 1.49 bits per heavy atom. The van der Waals surface area contributed by atoms with Gasteiger partial charge in [-0.2, -0.15) is 0 Å². The van der Waals surface area contributed by atoms with Crippen LogP contribution in [-0.4, -0.2) is 44.9 Å². The molecule has 2 aromatic carbocycles. The van der Waals surface area contributed by atoms with E-state index in [2.05, 4.69) is 99.9 Å². The number of pyridine rings is 2. The van der Waals surface area contributed by atoms with E-state index < -0.39 is 0 Å². The summed E-state index contributed by atoms with van der Waals surface area (Å²) in [7, 11) is 0. The molecular formula is C41H56Cl4N4. The minimum Gasteiger partial charge on any atom is -0.299 e. The van der Waals surface area contributed by atoms with Crippen LogP contribution in [0.1, 0.15) is 89.5 Å². The molecule has 8 heteroatoms. The van der Waals surface area contributed by atoms with Crippen molar-refractivity contribution in [3.05, 3.63) is 105 Å². The quantitative estimate of drug-likeness (QED) is 0.180. The number of aryl methyl sites for hydroxylation is 4. The fourth-order valence-electron chi connectivity index (χ4n) is 7.68. The van der Waals surface area contributed by atoms with Gasteiger partial charge in [0.2, 0.25) is 0 Å². The Morgan fingerprint density at radius 2 is 1.00 bits per heavy atom. The average Bonchev–Trinajstić information content (AvgIpc) is 3.05. The van der Waals surface area contributed by atoms with Crippen LogP contribution >= 0.6 is 49.6 Å². The first kappa shape index (κ1) is 43.0. The highest BCUT2D eigenvalue weighted by atomic mass is 35.5. The average molecular weight is 747 g/mol. The minimum atomic E-state index is 0. The molecule has 1 saturated carbocycles. The highest BCUT2D eigenvalue weighted by Gasteiger charge is 2.31. The van der Waals surface area contributed by atoms with Crippen molar-refractivity contribution in [3.8, 4) is 22.5 Å². The second kappa shape index (κ2) is 19.4. The molecule has 49 heavy (non-hydrogen) atoms. The predicted molar refractivity (Wildman–Crippen MR) is 217 cm³/mol. The van der Waals surface area contributed by atoms with Gasteiger partial charge in [0.1, 0.15) is 0 Å². The van der Waals surface area contributed by atoms with E-state index in [1.807, 2.05) is 12.4 Å². The lowest BCUT2D eigenvalue weighted by molar-refractivity contribution is 0.0488. The molecule has 0 spiro atoms. The van der Waals surface area contributed by atoms with Crippen molar-refractivity contribution < 1.29 is 0 Å². The first-order valence-corrected chi connectivity index (χ1v) is 17.3. The zero-order valence-corrected chi connectivity index (χ0v) is 33.4. The highest BCUT2D eigenvalue weighted by Crippen LogP contribution is 2.31. The number of rotatable bonds is 8. The SMILES string of the molecule is Cc1cc(-c2cc(CN3CCC(N(Cc4ccnc(-c5cc(C)c(C)c(C)c5)c4)C4CCCCC4)CC3)ccn2)cc(C)c1C.Cl.Cl.Cl.Cl. The number of nitrogens with zero attached hydrogens (tertiary/aromatic N) is 4. The number of hydrogen-bond acceptors (Lipinski definition) is 4. The van der Waals surface area contributed by atoms with Gasteiger partial charge >= 0.3 is 0 Å². The molecule has 2 aliphatic rings. The summed E-state index contributed by atoms with van der Waals surface area (Å²) in [6.45, 7) is 17.6. The summed E-state index contributed by atoms with van der Waals surface area (Å²) in [5.41, 5.74) is 15.5. The van der Waals surface area contributed by atoms with Crippen LogP contribution in [0, 0.1) is 41.5 Å². The molecule has 2 fully saturated rings. The standard InChI is InChI=1S/C41H52N4.4ClH/c1-28-20-36(21-29(2)32(28)5)40-24-34(12-16-42-40)26-44-18-14-39(15-19-44)45(38-10-8-7-9-11-38)27-35-13-17-43-41(25-35)37-22-30(3)33(6)31(4)23-37;;;;/h12-13,16-17,20-25,38-39H,7-11,14-15,18-19,26-27H2,1-6H3;4*1H. The molecule has 0 amide bonds. The third-order valence-electron chi connectivity index (χ3n) is 10.9. The van der Waals surface area contributed by atoms with Gasteiger partial charge in [-0.05, 0) is 173 Å². The first-order chi connectivity index (χ1) is 21.7. The molecule has 4 aromatic rings. The van der Waals surface area contributed by atoms with E-state index in [0.29, 0.717) is 12.1 Å². The summed E-state index contributed by atoms with van der Waals surface area (Å²) in [4.78, 5) is 15.1. The predicted octanol–water partition coefficient (Wildman–Crippen LogP) is 11.1. The lowest BCUT2D eigenvalue weighted by atomic mass is 9.90. The molecular weight excluding hydrogens is 690 g/mol. The Morgan fingerprint density at radius 1 is 0.571 bits per heavy atom. The van der Waals surface area contributed by atoms with Crippen molar-refractivity contribution in [2.45, 2.75) is 112 Å². The Kier molecular flexibility index (Phi) is 17.0. The normalized spacial score (nSPS) is 15.5. The molecule has 268 valence electrons. The fraction of sp³-hybridized carbons (Fsp3) is 0.463. The van der Waals surface area contributed by atoms with Gasteiger partial charge in [0, 0.05) is 48.7 Å². The molecule has 2 aromatic heterocycles. The maximum absolute atomic E-state index is 4.81. The lowest BCUT2D eigenvalue weighted by Crippen LogP contribution is -2.49. The molecule has 3 heterocycles. The monoisotopic (exact) mass is 744 g/mol. The van der Waals surface area contributed by atoms with Crippen LogP contribution in [0.25, 0.3) is 22.5 Å². The summed E-state index contributed by atoms with van der Waals surface area (Å²) in [5, 5.41) is 0. The summed E-state index contributed by atoms with van der Waals surface area (Å²) < 4.78 is 0. The number of halogens is 4. The van der Waals surface area contributed by atoms with Crippen LogP contribution in [0.15, 0.2) is 60.9 Å². The Bertz CT molecular complexity index is 1600. The van der Waals surface area contributed by atoms with Crippen LogP contribution in [-0.2, 0) is 13.1 Å². The van der Waals surface area contributed by atoms with Gasteiger partial charge in [0.05, 0.1) is 11.4 Å². The highest BCUT2D eigenvalue weighted by molar-refractivity contribution is 5.86. The number of piperidine rings is 1. The first-order valence-electron chi connectivity index (χ1n) is 17.3. The Hall–Kier alpha value is -2.18. The van der Waals surface area contributed by atoms with Crippen molar-refractivity contribution in [2.24, 2.45) is 0 Å². The Labute approximate surface area is 320 Å². The number of likely N-dealkylation sites (tertiary alicyclic amines) is 1. The van der Waals surface area contributed by atoms with Crippen molar-refractivity contribution in [1.82, 2.24) is 19.8 Å². The molecule has 1 aliphatic heterocycles. The van der Waals surface area contributed by atoms with E-state index in [9.17, 15) is 0 Å². The maximum Gasteiger partial charge on any atom is 0.0705 e. The smallest absolute Gasteiger partial charge is 0.0705 e. The van der Waals surface area contributed by atoms with Crippen LogP contribution in [0.5, 0.6) is 0 Å². The lowest BCUT2D eigenvalue weighted by Gasteiger charge is -2.44. The molecule has 0 N–H and O–H groups in total. The summed E-state index contributed by atoms with van der Waals surface area (Å²) in [6, 6.07) is 19.6. The van der Waals surface area contributed by atoms with Crippen LogP contribution in [0.4, 0.5) is 0 Å². The van der Waals surface area contributed by atoms with Gasteiger partial charge in [-0.3, -0.25) is 19.8 Å². The van der Waals surface area contributed by atoms with Crippen molar-refractivity contribution in [3.63, 3.8) is 0 Å². The third kappa shape index (κ3) is 10.4. The minimum absolute atomic E-state index is 0. The molecule has 0 atom stereocenters. The zero-order valence-electron chi connectivity index (χ0n) is 30.1. The van der Waals surface area contributed by atoms with E-state index in [1.54, 1.807) is 0 Å². The molecule has 0 radical (unpaired) electrons. The van der Waals surface area contributed by atoms with Gasteiger partial charge in [-0.15, -0.1) is 49.6 Å². The van der Waals surface area contributed by atoms with E-state index in [4.69, 9.17) is 9.97 Å². The second-order valence-electron chi connectivity index (χ2n) is 14.0. The number of benzene rings is 2. The van der Waals surface area contributed by atoms with Gasteiger partial charge in [0.25, 0.3) is 0 Å². The summed E-state index contributed by atoms with van der Waals surface area (Å²) in [6.07, 6.45) is 13.3. The van der Waals surface area contributed by atoms with Gasteiger partial charge in [0.15, 0.2) is 0 Å². The van der Waals surface area contributed by atoms with Crippen LogP contribution in [0.2, 0.25) is 0 Å². The topological polar surface area (TPSA) is 32.3 Å². The van der Waals surface area contributed by atoms with E-state index in [0.717, 1.165) is 37.6 Å². The molecule has 6 rings (SSSR count). The van der Waals surface area contributed by atoms with E-state index in [1.165, 1.54) is 101 Å². The zero-order chi connectivity index (χ0) is 31.5. The maximum atomic E-state index is 4.81. The van der Waals surface area contributed by atoms with Crippen LogP contribution in [0.3, 0.4) is 0 Å². The Balaban J connectivity index is 0.00000208. The summed E-state index contributed by atoms with van der Waals surface area (Å²) >= 11 is 0. The van der Waals surface area contributed by atoms with Crippen molar-refractivity contribution in [2.75, 3.05) is 13.1 Å². The van der Waals surface area contributed by atoms with Gasteiger partial charge in [-0.1, -0.05) is 19.3 Å².